The van der Waals surface area contributed by atoms with Gasteiger partial charge >= 0.3 is 0 Å². The van der Waals surface area contributed by atoms with Crippen LogP contribution in [0.3, 0.4) is 0 Å². The average Bonchev–Trinajstić information content (AvgIpc) is 2.49. The minimum atomic E-state index is -0.117. The third-order valence-electron chi connectivity index (χ3n) is 3.47. The van der Waals surface area contributed by atoms with Gasteiger partial charge in [0, 0.05) is 11.3 Å². The molecule has 0 aliphatic carbocycles. The zero-order chi connectivity index (χ0) is 15.4. The monoisotopic (exact) mass is 284 g/mol. The summed E-state index contributed by atoms with van der Waals surface area (Å²) in [6.07, 6.45) is 0. The number of nitrogen functional groups attached to an aromatic ring is 1. The maximum atomic E-state index is 12.3. The topological polar surface area (TPSA) is 64.3 Å². The van der Waals surface area contributed by atoms with Crippen LogP contribution in [-0.2, 0) is 0 Å². The summed E-state index contributed by atoms with van der Waals surface area (Å²) in [7, 11) is 1.62. The number of rotatable bonds is 4. The van der Waals surface area contributed by atoms with Crippen molar-refractivity contribution in [3.05, 3.63) is 59.2 Å². The molecular formula is C17H20N2O2. The number of ether oxygens (including phenoxy) is 1. The van der Waals surface area contributed by atoms with Crippen molar-refractivity contribution >= 4 is 11.6 Å². The molecule has 0 spiro atoms. The van der Waals surface area contributed by atoms with Gasteiger partial charge in [0.2, 0.25) is 0 Å². The van der Waals surface area contributed by atoms with Crippen molar-refractivity contribution < 1.29 is 9.53 Å². The number of amides is 1. The van der Waals surface area contributed by atoms with E-state index in [0.29, 0.717) is 11.3 Å². The Kier molecular flexibility index (Phi) is 4.48. The quantitative estimate of drug-likeness (QED) is 0.848. The Hall–Kier alpha value is -2.49. The Labute approximate surface area is 124 Å². The van der Waals surface area contributed by atoms with Crippen molar-refractivity contribution in [2.24, 2.45) is 0 Å². The van der Waals surface area contributed by atoms with E-state index in [1.165, 1.54) is 0 Å². The van der Waals surface area contributed by atoms with Crippen molar-refractivity contribution in [2.45, 2.75) is 19.9 Å². The third-order valence-corrected chi connectivity index (χ3v) is 3.47. The average molecular weight is 284 g/mol. The lowest BCUT2D eigenvalue weighted by Gasteiger charge is -2.15. The number of aryl methyl sites for hydroxylation is 1. The van der Waals surface area contributed by atoms with E-state index in [0.717, 1.165) is 16.9 Å². The Morgan fingerprint density at radius 2 is 2.00 bits per heavy atom. The van der Waals surface area contributed by atoms with E-state index in [1.807, 2.05) is 38.1 Å². The van der Waals surface area contributed by atoms with Crippen LogP contribution in [0, 0.1) is 6.92 Å². The van der Waals surface area contributed by atoms with Crippen molar-refractivity contribution in [3.63, 3.8) is 0 Å². The molecule has 0 aliphatic heterocycles. The molecular weight excluding hydrogens is 264 g/mol. The van der Waals surface area contributed by atoms with Crippen molar-refractivity contribution in [2.75, 3.05) is 12.8 Å². The molecule has 0 heterocycles. The van der Waals surface area contributed by atoms with Crippen LogP contribution in [0.5, 0.6) is 5.75 Å². The number of carbonyl (C=O) groups is 1. The molecule has 2 rings (SSSR count). The molecule has 3 N–H and O–H groups in total. The van der Waals surface area contributed by atoms with E-state index in [1.54, 1.807) is 25.3 Å². The second-order valence-electron chi connectivity index (χ2n) is 5.04. The number of nitrogens with one attached hydrogen (secondary N) is 1. The third kappa shape index (κ3) is 3.54. The molecule has 0 unspecified atom stereocenters. The van der Waals surface area contributed by atoms with Gasteiger partial charge in [-0.15, -0.1) is 0 Å². The second-order valence-corrected chi connectivity index (χ2v) is 5.04. The van der Waals surface area contributed by atoms with E-state index < -0.39 is 0 Å². The standard InChI is InChI=1S/C17H20N2O2/c1-11-9-14(7-8-16(11)18)17(20)19-12(2)13-5-4-6-15(10-13)21-3/h4-10,12H,18H2,1-3H3,(H,19,20)/t12-/m0/s1. The number of hydrogen-bond donors (Lipinski definition) is 2. The normalized spacial score (nSPS) is 11.8. The molecule has 21 heavy (non-hydrogen) atoms. The molecule has 0 aromatic heterocycles. The molecule has 110 valence electrons. The summed E-state index contributed by atoms with van der Waals surface area (Å²) < 4.78 is 5.20. The lowest BCUT2D eigenvalue weighted by Crippen LogP contribution is -2.26. The first-order chi connectivity index (χ1) is 10.0. The molecule has 1 amide bonds. The first-order valence-corrected chi connectivity index (χ1v) is 6.82. The van der Waals surface area contributed by atoms with Gasteiger partial charge in [0.1, 0.15) is 5.75 Å². The number of hydrogen-bond acceptors (Lipinski definition) is 3. The smallest absolute Gasteiger partial charge is 0.251 e. The highest BCUT2D eigenvalue weighted by molar-refractivity contribution is 5.95. The van der Waals surface area contributed by atoms with E-state index in [9.17, 15) is 4.79 Å². The van der Waals surface area contributed by atoms with Gasteiger partial charge in [-0.1, -0.05) is 12.1 Å². The van der Waals surface area contributed by atoms with E-state index in [4.69, 9.17) is 10.5 Å². The molecule has 0 bridgehead atoms. The van der Waals surface area contributed by atoms with Crippen LogP contribution < -0.4 is 15.8 Å². The minimum absolute atomic E-state index is 0.106. The molecule has 2 aromatic rings. The number of methoxy groups -OCH3 is 1. The van der Waals surface area contributed by atoms with Gasteiger partial charge in [-0.05, 0) is 55.3 Å². The molecule has 4 nitrogen and oxygen atoms in total. The van der Waals surface area contributed by atoms with E-state index in [-0.39, 0.29) is 11.9 Å². The molecule has 0 radical (unpaired) electrons. The second kappa shape index (κ2) is 6.31. The zero-order valence-corrected chi connectivity index (χ0v) is 12.5. The molecule has 4 heteroatoms. The van der Waals surface area contributed by atoms with Crippen molar-refractivity contribution in [1.82, 2.24) is 5.32 Å². The van der Waals surface area contributed by atoms with Crippen LogP contribution in [-0.4, -0.2) is 13.0 Å². The predicted octanol–water partition coefficient (Wildman–Crippen LogP) is 3.08. The van der Waals surface area contributed by atoms with Crippen LogP contribution in [0.2, 0.25) is 0 Å². The Balaban J connectivity index is 2.12. The number of benzene rings is 2. The largest absolute Gasteiger partial charge is 0.497 e. The first kappa shape index (κ1) is 14.9. The molecule has 2 aromatic carbocycles. The molecule has 1 atom stereocenters. The Morgan fingerprint density at radius 3 is 2.67 bits per heavy atom. The van der Waals surface area contributed by atoms with Gasteiger partial charge in [0.15, 0.2) is 0 Å². The van der Waals surface area contributed by atoms with Gasteiger partial charge in [-0.3, -0.25) is 4.79 Å². The summed E-state index contributed by atoms with van der Waals surface area (Å²) in [6.45, 7) is 3.83. The van der Waals surface area contributed by atoms with Gasteiger partial charge in [-0.25, -0.2) is 0 Å². The number of carbonyl (C=O) groups excluding carboxylic acids is 1. The van der Waals surface area contributed by atoms with Crippen LogP contribution in [0.1, 0.15) is 34.5 Å². The van der Waals surface area contributed by atoms with Crippen LogP contribution in [0.15, 0.2) is 42.5 Å². The van der Waals surface area contributed by atoms with Crippen LogP contribution in [0.4, 0.5) is 5.69 Å². The fourth-order valence-corrected chi connectivity index (χ4v) is 2.09. The summed E-state index contributed by atoms with van der Waals surface area (Å²) >= 11 is 0. The van der Waals surface area contributed by atoms with E-state index in [2.05, 4.69) is 5.32 Å². The predicted molar refractivity (Wildman–Crippen MR) is 84.5 cm³/mol. The van der Waals surface area contributed by atoms with Crippen LogP contribution >= 0.6 is 0 Å². The Morgan fingerprint density at radius 1 is 1.24 bits per heavy atom. The van der Waals surface area contributed by atoms with Crippen molar-refractivity contribution in [1.29, 1.82) is 0 Å². The molecule has 0 fully saturated rings. The summed E-state index contributed by atoms with van der Waals surface area (Å²) in [5, 5.41) is 2.98. The fourth-order valence-electron chi connectivity index (χ4n) is 2.09. The highest BCUT2D eigenvalue weighted by Gasteiger charge is 2.12. The lowest BCUT2D eigenvalue weighted by molar-refractivity contribution is 0.0940. The maximum Gasteiger partial charge on any atom is 0.251 e. The SMILES string of the molecule is COc1cccc([C@H](C)NC(=O)c2ccc(N)c(C)c2)c1. The van der Waals surface area contributed by atoms with Gasteiger partial charge in [0.05, 0.1) is 13.2 Å². The maximum absolute atomic E-state index is 12.3. The van der Waals surface area contributed by atoms with Crippen molar-refractivity contribution in [3.8, 4) is 5.75 Å². The lowest BCUT2D eigenvalue weighted by atomic mass is 10.1. The molecule has 0 saturated carbocycles. The number of anilines is 1. The summed E-state index contributed by atoms with van der Waals surface area (Å²) in [5.74, 6) is 0.658. The zero-order valence-electron chi connectivity index (χ0n) is 12.5. The Bertz CT molecular complexity index is 653. The van der Waals surface area contributed by atoms with E-state index >= 15 is 0 Å². The molecule has 0 aliphatic rings. The van der Waals surface area contributed by atoms with Gasteiger partial charge < -0.3 is 15.8 Å². The van der Waals surface area contributed by atoms with Gasteiger partial charge in [-0.2, -0.15) is 0 Å². The highest BCUT2D eigenvalue weighted by atomic mass is 16.5. The van der Waals surface area contributed by atoms with Gasteiger partial charge in [0.25, 0.3) is 5.91 Å². The summed E-state index contributed by atoms with van der Waals surface area (Å²) in [4.78, 5) is 12.3. The molecule has 0 saturated heterocycles. The fraction of sp³-hybridized carbons (Fsp3) is 0.235. The minimum Gasteiger partial charge on any atom is -0.497 e. The highest BCUT2D eigenvalue weighted by Crippen LogP contribution is 2.19. The number of nitrogens with two attached hydrogens (primary N) is 1. The van der Waals surface area contributed by atoms with Crippen LogP contribution in [0.25, 0.3) is 0 Å². The summed E-state index contributed by atoms with van der Waals surface area (Å²) in [6, 6.07) is 12.8. The first-order valence-electron chi connectivity index (χ1n) is 6.82. The summed E-state index contributed by atoms with van der Waals surface area (Å²) in [5.41, 5.74) is 8.96.